The SMILES string of the molecule is OC(COc1ccccc1)CN1CCC(c2cn[nH]c2)CC1. The monoisotopic (exact) mass is 301 g/mol. The molecule has 0 spiro atoms. The summed E-state index contributed by atoms with van der Waals surface area (Å²) in [6.45, 7) is 3.03. The minimum atomic E-state index is -0.453. The molecule has 2 heterocycles. The molecule has 1 aromatic carbocycles. The van der Waals surface area contributed by atoms with Crippen molar-refractivity contribution in [3.05, 3.63) is 48.3 Å². The fraction of sp³-hybridized carbons (Fsp3) is 0.471. The number of benzene rings is 1. The van der Waals surface area contributed by atoms with E-state index in [0.717, 1.165) is 31.7 Å². The van der Waals surface area contributed by atoms with E-state index in [-0.39, 0.29) is 0 Å². The summed E-state index contributed by atoms with van der Waals surface area (Å²) in [5.41, 5.74) is 1.30. The Bertz CT molecular complexity index is 536. The van der Waals surface area contributed by atoms with Crippen LogP contribution in [0.2, 0.25) is 0 Å². The number of aromatic nitrogens is 2. The van der Waals surface area contributed by atoms with Crippen molar-refractivity contribution in [3.8, 4) is 5.75 Å². The second-order valence-electron chi connectivity index (χ2n) is 5.88. The van der Waals surface area contributed by atoms with Gasteiger partial charge in [0.05, 0.1) is 6.20 Å². The van der Waals surface area contributed by atoms with Crippen molar-refractivity contribution in [2.24, 2.45) is 0 Å². The van der Waals surface area contributed by atoms with E-state index in [4.69, 9.17) is 4.74 Å². The number of β-amino-alcohol motifs (C(OH)–C–C–N with tert-alkyl or cyclic N) is 1. The molecule has 1 saturated heterocycles. The Morgan fingerprint density at radius 2 is 2.05 bits per heavy atom. The van der Waals surface area contributed by atoms with Gasteiger partial charge in [-0.05, 0) is 49.5 Å². The molecular formula is C17H23N3O2. The maximum Gasteiger partial charge on any atom is 0.119 e. The maximum absolute atomic E-state index is 10.1. The van der Waals surface area contributed by atoms with Crippen molar-refractivity contribution in [1.29, 1.82) is 0 Å². The standard InChI is InChI=1S/C17H23N3O2/c21-16(13-22-17-4-2-1-3-5-17)12-20-8-6-14(7-9-20)15-10-18-19-11-15/h1-5,10-11,14,16,21H,6-9,12-13H2,(H,18,19). The molecule has 1 atom stereocenters. The van der Waals surface area contributed by atoms with Crippen LogP contribution in [0.5, 0.6) is 5.75 Å². The number of aliphatic hydroxyl groups is 1. The second kappa shape index (κ2) is 7.42. The van der Waals surface area contributed by atoms with Gasteiger partial charge >= 0.3 is 0 Å². The third-order valence-corrected chi connectivity index (χ3v) is 4.23. The van der Waals surface area contributed by atoms with Crippen LogP contribution >= 0.6 is 0 Å². The zero-order valence-corrected chi connectivity index (χ0v) is 12.7. The van der Waals surface area contributed by atoms with Crippen LogP contribution in [-0.2, 0) is 0 Å². The molecule has 0 aliphatic carbocycles. The summed E-state index contributed by atoms with van der Waals surface area (Å²) in [5, 5.41) is 17.0. The Morgan fingerprint density at radius 1 is 1.27 bits per heavy atom. The van der Waals surface area contributed by atoms with E-state index in [1.807, 2.05) is 42.7 Å². The summed E-state index contributed by atoms with van der Waals surface area (Å²) in [7, 11) is 0. The van der Waals surface area contributed by atoms with Crippen LogP contribution < -0.4 is 4.74 Å². The van der Waals surface area contributed by atoms with Crippen LogP contribution in [0, 0.1) is 0 Å². The van der Waals surface area contributed by atoms with Gasteiger partial charge < -0.3 is 14.7 Å². The molecule has 0 amide bonds. The van der Waals surface area contributed by atoms with Crippen molar-refractivity contribution in [1.82, 2.24) is 15.1 Å². The highest BCUT2D eigenvalue weighted by Crippen LogP contribution is 2.27. The van der Waals surface area contributed by atoms with Crippen molar-refractivity contribution in [3.63, 3.8) is 0 Å². The van der Waals surface area contributed by atoms with E-state index in [1.165, 1.54) is 5.56 Å². The molecule has 5 nitrogen and oxygen atoms in total. The average molecular weight is 301 g/mol. The van der Waals surface area contributed by atoms with Gasteiger partial charge in [-0.2, -0.15) is 5.10 Å². The Kier molecular flexibility index (Phi) is 5.08. The number of nitrogens with one attached hydrogen (secondary N) is 1. The molecule has 2 aromatic rings. The number of H-pyrrole nitrogens is 1. The number of hydrogen-bond acceptors (Lipinski definition) is 4. The topological polar surface area (TPSA) is 61.4 Å². The van der Waals surface area contributed by atoms with Gasteiger partial charge in [0, 0.05) is 12.7 Å². The van der Waals surface area contributed by atoms with E-state index in [0.29, 0.717) is 19.1 Å². The highest BCUT2D eigenvalue weighted by Gasteiger charge is 2.22. The largest absolute Gasteiger partial charge is 0.491 e. The quantitative estimate of drug-likeness (QED) is 0.857. The predicted octanol–water partition coefficient (Wildman–Crippen LogP) is 2.03. The number of aliphatic hydroxyl groups excluding tert-OH is 1. The molecule has 22 heavy (non-hydrogen) atoms. The highest BCUT2D eigenvalue weighted by molar-refractivity contribution is 5.20. The maximum atomic E-state index is 10.1. The summed E-state index contributed by atoms with van der Waals surface area (Å²) in [5.74, 6) is 1.40. The zero-order chi connectivity index (χ0) is 15.2. The summed E-state index contributed by atoms with van der Waals surface area (Å²) >= 11 is 0. The first-order valence-electron chi connectivity index (χ1n) is 7.88. The summed E-state index contributed by atoms with van der Waals surface area (Å²) in [6, 6.07) is 9.63. The number of piperidine rings is 1. The van der Waals surface area contributed by atoms with Crippen LogP contribution in [0.25, 0.3) is 0 Å². The fourth-order valence-corrected chi connectivity index (χ4v) is 2.99. The first kappa shape index (κ1) is 15.1. The van der Waals surface area contributed by atoms with Crippen LogP contribution in [0.4, 0.5) is 0 Å². The summed E-state index contributed by atoms with van der Waals surface area (Å²) in [4.78, 5) is 2.32. The minimum absolute atomic E-state index is 0.339. The molecule has 1 aliphatic heterocycles. The Labute approximate surface area is 130 Å². The van der Waals surface area contributed by atoms with Crippen LogP contribution in [-0.4, -0.2) is 52.5 Å². The lowest BCUT2D eigenvalue weighted by Crippen LogP contribution is -2.40. The number of ether oxygens (including phenoxy) is 1. The van der Waals surface area contributed by atoms with Crippen molar-refractivity contribution in [2.45, 2.75) is 24.9 Å². The molecular weight excluding hydrogens is 278 g/mol. The number of rotatable bonds is 6. The molecule has 1 aromatic heterocycles. The van der Waals surface area contributed by atoms with Crippen LogP contribution in [0.3, 0.4) is 0 Å². The van der Waals surface area contributed by atoms with Crippen molar-refractivity contribution >= 4 is 0 Å². The molecule has 0 bridgehead atoms. The van der Waals surface area contributed by atoms with Gasteiger partial charge in [0.2, 0.25) is 0 Å². The summed E-state index contributed by atoms with van der Waals surface area (Å²) in [6.07, 6.45) is 5.69. The Morgan fingerprint density at radius 3 is 2.73 bits per heavy atom. The highest BCUT2D eigenvalue weighted by atomic mass is 16.5. The smallest absolute Gasteiger partial charge is 0.119 e. The Hall–Kier alpha value is -1.85. The fourth-order valence-electron chi connectivity index (χ4n) is 2.99. The molecule has 1 unspecified atom stereocenters. The number of hydrogen-bond donors (Lipinski definition) is 2. The number of aromatic amines is 1. The molecule has 1 aliphatic rings. The number of likely N-dealkylation sites (tertiary alicyclic amines) is 1. The molecule has 5 heteroatoms. The van der Waals surface area contributed by atoms with Gasteiger partial charge in [-0.25, -0.2) is 0 Å². The third-order valence-electron chi connectivity index (χ3n) is 4.23. The van der Waals surface area contributed by atoms with E-state index in [9.17, 15) is 5.11 Å². The molecule has 0 saturated carbocycles. The van der Waals surface area contributed by atoms with Gasteiger partial charge in [0.15, 0.2) is 0 Å². The molecule has 2 N–H and O–H groups in total. The van der Waals surface area contributed by atoms with Crippen LogP contribution in [0.15, 0.2) is 42.7 Å². The lowest BCUT2D eigenvalue weighted by atomic mass is 9.91. The minimum Gasteiger partial charge on any atom is -0.491 e. The first-order valence-corrected chi connectivity index (χ1v) is 7.88. The number of para-hydroxylation sites is 1. The third kappa shape index (κ3) is 4.08. The molecule has 0 radical (unpaired) electrons. The van der Waals surface area contributed by atoms with Gasteiger partial charge in [-0.1, -0.05) is 18.2 Å². The molecule has 118 valence electrons. The van der Waals surface area contributed by atoms with E-state index in [1.54, 1.807) is 0 Å². The Balaban J connectivity index is 1.39. The predicted molar refractivity (Wildman–Crippen MR) is 84.9 cm³/mol. The van der Waals surface area contributed by atoms with Crippen molar-refractivity contribution in [2.75, 3.05) is 26.2 Å². The average Bonchev–Trinajstić information content (AvgIpc) is 3.09. The van der Waals surface area contributed by atoms with E-state index >= 15 is 0 Å². The van der Waals surface area contributed by atoms with Crippen molar-refractivity contribution < 1.29 is 9.84 Å². The van der Waals surface area contributed by atoms with Gasteiger partial charge in [0.1, 0.15) is 18.5 Å². The zero-order valence-electron chi connectivity index (χ0n) is 12.7. The lowest BCUT2D eigenvalue weighted by Gasteiger charge is -2.32. The lowest BCUT2D eigenvalue weighted by molar-refractivity contribution is 0.0594. The van der Waals surface area contributed by atoms with E-state index < -0.39 is 6.10 Å². The normalized spacial score (nSPS) is 18.2. The first-order chi connectivity index (χ1) is 10.8. The van der Waals surface area contributed by atoms with Gasteiger partial charge in [-0.3, -0.25) is 5.10 Å². The van der Waals surface area contributed by atoms with Gasteiger partial charge in [0.25, 0.3) is 0 Å². The number of nitrogens with zero attached hydrogens (tertiary/aromatic N) is 2. The van der Waals surface area contributed by atoms with Crippen LogP contribution in [0.1, 0.15) is 24.3 Å². The molecule has 3 rings (SSSR count). The van der Waals surface area contributed by atoms with Gasteiger partial charge in [-0.15, -0.1) is 0 Å². The molecule has 1 fully saturated rings. The second-order valence-corrected chi connectivity index (χ2v) is 5.88. The van der Waals surface area contributed by atoms with E-state index in [2.05, 4.69) is 15.1 Å². The summed E-state index contributed by atoms with van der Waals surface area (Å²) < 4.78 is 5.60.